The molecule has 1 aromatic carbocycles. The van der Waals surface area contributed by atoms with Crippen molar-refractivity contribution in [2.45, 2.75) is 20.8 Å². The number of aliphatic hydroxyl groups excluding tert-OH is 1. The molecular formula is C15H21N5O2. The Labute approximate surface area is 129 Å². The number of urea groups is 1. The van der Waals surface area contributed by atoms with Crippen molar-refractivity contribution < 1.29 is 9.90 Å². The molecule has 0 bridgehead atoms. The van der Waals surface area contributed by atoms with E-state index in [-0.39, 0.29) is 12.6 Å². The Kier molecular flexibility index (Phi) is 5.11. The summed E-state index contributed by atoms with van der Waals surface area (Å²) in [5.74, 6) is 1.43. The van der Waals surface area contributed by atoms with Crippen molar-refractivity contribution in [2.24, 2.45) is 0 Å². The lowest BCUT2D eigenvalue weighted by Crippen LogP contribution is -2.37. The van der Waals surface area contributed by atoms with Gasteiger partial charge in [-0.1, -0.05) is 12.1 Å². The molecule has 1 aromatic heterocycles. The first-order valence-corrected chi connectivity index (χ1v) is 7.23. The van der Waals surface area contributed by atoms with Crippen LogP contribution < -0.4 is 5.32 Å². The van der Waals surface area contributed by atoms with Crippen LogP contribution in [0.25, 0.3) is 5.69 Å². The summed E-state index contributed by atoms with van der Waals surface area (Å²) in [4.78, 5) is 18.1. The van der Waals surface area contributed by atoms with Crippen molar-refractivity contribution in [3.8, 4) is 5.69 Å². The molecule has 0 aliphatic rings. The SMILES string of the molecule is CCN(CCO)C(=O)Nc1ccccc1-n1nc(C)nc1C. The van der Waals surface area contributed by atoms with Gasteiger partial charge in [-0.2, -0.15) is 5.10 Å². The Morgan fingerprint density at radius 3 is 2.68 bits per heavy atom. The van der Waals surface area contributed by atoms with Crippen LogP contribution in [-0.4, -0.2) is 50.5 Å². The average molecular weight is 303 g/mol. The van der Waals surface area contributed by atoms with E-state index in [0.29, 0.717) is 24.6 Å². The maximum atomic E-state index is 12.3. The second kappa shape index (κ2) is 7.04. The van der Waals surface area contributed by atoms with Gasteiger partial charge in [-0.15, -0.1) is 0 Å². The van der Waals surface area contributed by atoms with Gasteiger partial charge in [-0.3, -0.25) is 0 Å². The Morgan fingerprint density at radius 2 is 2.09 bits per heavy atom. The summed E-state index contributed by atoms with van der Waals surface area (Å²) in [6, 6.07) is 7.17. The van der Waals surface area contributed by atoms with E-state index in [1.165, 1.54) is 4.90 Å². The predicted octanol–water partition coefficient (Wildman–Crippen LogP) is 1.73. The van der Waals surface area contributed by atoms with Crippen LogP contribution in [0, 0.1) is 13.8 Å². The number of benzene rings is 1. The molecule has 0 atom stereocenters. The summed E-state index contributed by atoms with van der Waals surface area (Å²) in [6.07, 6.45) is 0. The number of aryl methyl sites for hydroxylation is 2. The van der Waals surface area contributed by atoms with Gasteiger partial charge < -0.3 is 15.3 Å². The number of aromatic nitrogens is 3. The van der Waals surface area contributed by atoms with E-state index in [1.807, 2.05) is 45.0 Å². The summed E-state index contributed by atoms with van der Waals surface area (Å²) in [7, 11) is 0. The number of para-hydroxylation sites is 2. The molecule has 0 radical (unpaired) electrons. The molecule has 0 fully saturated rings. The maximum absolute atomic E-state index is 12.3. The van der Waals surface area contributed by atoms with Crippen LogP contribution in [0.5, 0.6) is 0 Å². The highest BCUT2D eigenvalue weighted by atomic mass is 16.3. The zero-order valence-electron chi connectivity index (χ0n) is 13.1. The van der Waals surface area contributed by atoms with Crippen LogP contribution in [0.1, 0.15) is 18.6 Å². The lowest BCUT2D eigenvalue weighted by atomic mass is 10.2. The summed E-state index contributed by atoms with van der Waals surface area (Å²) in [5.41, 5.74) is 1.41. The van der Waals surface area contributed by atoms with E-state index in [4.69, 9.17) is 5.11 Å². The van der Waals surface area contributed by atoms with E-state index >= 15 is 0 Å². The zero-order chi connectivity index (χ0) is 16.1. The first kappa shape index (κ1) is 16.0. The molecule has 0 aliphatic heterocycles. The van der Waals surface area contributed by atoms with E-state index in [9.17, 15) is 4.79 Å². The normalized spacial score (nSPS) is 10.5. The van der Waals surface area contributed by atoms with Gasteiger partial charge in [0.1, 0.15) is 11.6 Å². The van der Waals surface area contributed by atoms with Crippen LogP contribution in [0.4, 0.5) is 10.5 Å². The maximum Gasteiger partial charge on any atom is 0.321 e. The molecule has 118 valence electrons. The number of nitrogens with zero attached hydrogens (tertiary/aromatic N) is 4. The highest BCUT2D eigenvalue weighted by Crippen LogP contribution is 2.21. The minimum atomic E-state index is -0.251. The Hall–Kier alpha value is -2.41. The minimum Gasteiger partial charge on any atom is -0.395 e. The van der Waals surface area contributed by atoms with Gasteiger partial charge in [0.2, 0.25) is 0 Å². The standard InChI is InChI=1S/C15H21N5O2/c1-4-19(9-10-21)15(22)17-13-7-5-6-8-14(13)20-12(3)16-11(2)18-20/h5-8,21H,4,9-10H2,1-3H3,(H,17,22). The van der Waals surface area contributed by atoms with E-state index < -0.39 is 0 Å². The highest BCUT2D eigenvalue weighted by Gasteiger charge is 2.15. The van der Waals surface area contributed by atoms with Crippen molar-refractivity contribution >= 4 is 11.7 Å². The summed E-state index contributed by atoms with van der Waals surface area (Å²) in [5, 5.41) is 16.2. The van der Waals surface area contributed by atoms with Crippen LogP contribution >= 0.6 is 0 Å². The van der Waals surface area contributed by atoms with Crippen molar-refractivity contribution in [3.63, 3.8) is 0 Å². The van der Waals surface area contributed by atoms with E-state index in [2.05, 4.69) is 15.4 Å². The molecular weight excluding hydrogens is 282 g/mol. The van der Waals surface area contributed by atoms with Crippen LogP contribution in [0.3, 0.4) is 0 Å². The Bertz CT molecular complexity index is 653. The first-order chi connectivity index (χ1) is 10.6. The van der Waals surface area contributed by atoms with Gasteiger partial charge in [0, 0.05) is 13.1 Å². The highest BCUT2D eigenvalue weighted by molar-refractivity contribution is 5.91. The molecule has 0 spiro atoms. The third-order valence-corrected chi connectivity index (χ3v) is 3.29. The molecule has 2 rings (SSSR count). The van der Waals surface area contributed by atoms with Crippen molar-refractivity contribution in [1.29, 1.82) is 0 Å². The molecule has 7 nitrogen and oxygen atoms in total. The predicted molar refractivity (Wildman–Crippen MR) is 84.2 cm³/mol. The number of carbonyl (C=O) groups is 1. The number of carbonyl (C=O) groups excluding carboxylic acids is 1. The van der Waals surface area contributed by atoms with Crippen LogP contribution in [-0.2, 0) is 0 Å². The number of hydrogen-bond donors (Lipinski definition) is 2. The van der Waals surface area contributed by atoms with Crippen molar-refractivity contribution in [3.05, 3.63) is 35.9 Å². The Morgan fingerprint density at radius 1 is 1.36 bits per heavy atom. The smallest absolute Gasteiger partial charge is 0.321 e. The molecule has 0 unspecified atom stereocenters. The second-order valence-electron chi connectivity index (χ2n) is 4.87. The lowest BCUT2D eigenvalue weighted by Gasteiger charge is -2.21. The molecule has 0 saturated heterocycles. The van der Waals surface area contributed by atoms with Gasteiger partial charge in [-0.25, -0.2) is 14.5 Å². The van der Waals surface area contributed by atoms with Crippen LogP contribution in [0.2, 0.25) is 0 Å². The van der Waals surface area contributed by atoms with Gasteiger partial charge in [0.05, 0.1) is 18.0 Å². The molecule has 0 saturated carbocycles. The van der Waals surface area contributed by atoms with Crippen molar-refractivity contribution in [2.75, 3.05) is 25.0 Å². The second-order valence-corrected chi connectivity index (χ2v) is 4.87. The number of hydrogen-bond acceptors (Lipinski definition) is 4. The van der Waals surface area contributed by atoms with Crippen molar-refractivity contribution in [1.82, 2.24) is 19.7 Å². The molecule has 7 heteroatoms. The molecule has 22 heavy (non-hydrogen) atoms. The molecule has 2 amide bonds. The van der Waals surface area contributed by atoms with Gasteiger partial charge in [0.15, 0.2) is 0 Å². The summed E-state index contributed by atoms with van der Waals surface area (Å²) < 4.78 is 1.70. The number of aliphatic hydroxyl groups is 1. The fourth-order valence-electron chi connectivity index (χ4n) is 2.23. The van der Waals surface area contributed by atoms with Crippen LogP contribution in [0.15, 0.2) is 24.3 Å². The third-order valence-electron chi connectivity index (χ3n) is 3.29. The monoisotopic (exact) mass is 303 g/mol. The Balaban J connectivity index is 2.29. The molecule has 0 aliphatic carbocycles. The largest absolute Gasteiger partial charge is 0.395 e. The average Bonchev–Trinajstić information content (AvgIpc) is 2.83. The first-order valence-electron chi connectivity index (χ1n) is 7.23. The zero-order valence-corrected chi connectivity index (χ0v) is 13.1. The molecule has 2 aromatic rings. The number of amides is 2. The van der Waals surface area contributed by atoms with Gasteiger partial charge in [0.25, 0.3) is 0 Å². The number of nitrogens with one attached hydrogen (secondary N) is 1. The third kappa shape index (κ3) is 3.43. The summed E-state index contributed by atoms with van der Waals surface area (Å²) in [6.45, 7) is 6.31. The lowest BCUT2D eigenvalue weighted by molar-refractivity contribution is 0.192. The fourth-order valence-corrected chi connectivity index (χ4v) is 2.23. The van der Waals surface area contributed by atoms with E-state index in [0.717, 1.165) is 11.5 Å². The fraction of sp³-hybridized carbons (Fsp3) is 0.400. The van der Waals surface area contributed by atoms with Gasteiger partial charge >= 0.3 is 6.03 Å². The minimum absolute atomic E-state index is 0.0652. The topological polar surface area (TPSA) is 83.3 Å². The molecule has 2 N–H and O–H groups in total. The molecule has 1 heterocycles. The number of likely N-dealkylation sites (N-methyl/N-ethyl adjacent to an activating group) is 1. The summed E-state index contributed by atoms with van der Waals surface area (Å²) >= 11 is 0. The number of anilines is 1. The number of rotatable bonds is 5. The quantitative estimate of drug-likeness (QED) is 0.881. The van der Waals surface area contributed by atoms with Gasteiger partial charge in [-0.05, 0) is 32.9 Å². The van der Waals surface area contributed by atoms with E-state index in [1.54, 1.807) is 4.68 Å².